The number of hydroxylamine groups is 1. The first-order valence-electron chi connectivity index (χ1n) is 6.37. The third-order valence-corrected chi connectivity index (χ3v) is 3.89. The first kappa shape index (κ1) is 16.3. The van der Waals surface area contributed by atoms with E-state index in [4.69, 9.17) is 19.0 Å². The van der Waals surface area contributed by atoms with E-state index in [0.29, 0.717) is 19.6 Å². The Morgan fingerprint density at radius 1 is 1.16 bits per heavy atom. The van der Waals surface area contributed by atoms with Crippen molar-refractivity contribution in [3.05, 3.63) is 29.8 Å². The second-order valence-corrected chi connectivity index (χ2v) is 5.30. The Morgan fingerprint density at radius 2 is 1.74 bits per heavy atom. The smallest absolute Gasteiger partial charge is 0.211 e. The largest absolute Gasteiger partial charge is 0.484 e. The number of ether oxygens (including phenoxy) is 1. The summed E-state index contributed by atoms with van der Waals surface area (Å²) in [6, 6.07) is 7.46. The number of benzene rings is 1. The van der Waals surface area contributed by atoms with E-state index in [9.17, 15) is 0 Å². The molecule has 0 aliphatic heterocycles. The maximum atomic E-state index is 8.84. The molecule has 0 heterocycles. The normalized spacial score (nSPS) is 12.7. The molecular weight excluding hydrogens is 265 g/mol. The van der Waals surface area contributed by atoms with E-state index >= 15 is 0 Å². The van der Waals surface area contributed by atoms with Gasteiger partial charge in [-0.25, -0.2) is 0 Å². The zero-order valence-electron chi connectivity index (χ0n) is 11.6. The van der Waals surface area contributed by atoms with Gasteiger partial charge in [-0.2, -0.15) is 5.48 Å². The minimum atomic E-state index is -0.982. The Kier molecular flexibility index (Phi) is 7.94. The van der Waals surface area contributed by atoms with Crippen LogP contribution in [0.3, 0.4) is 0 Å². The summed E-state index contributed by atoms with van der Waals surface area (Å²) in [7, 11) is -0.982. The Morgan fingerprint density at radius 3 is 2.21 bits per heavy atom. The highest BCUT2D eigenvalue weighted by atomic mass is 31.2. The van der Waals surface area contributed by atoms with Crippen molar-refractivity contribution in [1.29, 1.82) is 0 Å². The molecule has 0 bridgehead atoms. The van der Waals surface area contributed by atoms with Gasteiger partial charge in [0.25, 0.3) is 0 Å². The van der Waals surface area contributed by atoms with Gasteiger partial charge < -0.3 is 19.0 Å². The molecule has 0 saturated carbocycles. The van der Waals surface area contributed by atoms with Crippen LogP contribution in [0.2, 0.25) is 0 Å². The molecule has 1 unspecified atom stereocenters. The van der Waals surface area contributed by atoms with Crippen molar-refractivity contribution < 1.29 is 19.0 Å². The molecule has 1 rings (SSSR count). The van der Waals surface area contributed by atoms with Crippen LogP contribution >= 0.6 is 8.38 Å². The van der Waals surface area contributed by atoms with Crippen LogP contribution in [0.5, 0.6) is 5.75 Å². The van der Waals surface area contributed by atoms with Gasteiger partial charge in [0.1, 0.15) is 5.75 Å². The maximum Gasteiger partial charge on any atom is 0.211 e. The van der Waals surface area contributed by atoms with Crippen LogP contribution < -0.4 is 10.2 Å². The molecule has 5 nitrogen and oxygen atoms in total. The first-order valence-corrected chi connectivity index (χ1v) is 7.73. The molecular formula is C13H22NO4P. The summed E-state index contributed by atoms with van der Waals surface area (Å²) in [6.45, 7) is 6.99. The van der Waals surface area contributed by atoms with E-state index in [2.05, 4.69) is 5.48 Å². The van der Waals surface area contributed by atoms with Crippen molar-refractivity contribution in [3.8, 4) is 5.75 Å². The highest BCUT2D eigenvalue weighted by Crippen LogP contribution is 2.38. The molecule has 0 aromatic heterocycles. The van der Waals surface area contributed by atoms with E-state index in [-0.39, 0.29) is 6.04 Å². The van der Waals surface area contributed by atoms with Crippen molar-refractivity contribution in [2.45, 2.75) is 26.8 Å². The van der Waals surface area contributed by atoms with E-state index in [1.165, 1.54) is 0 Å². The van der Waals surface area contributed by atoms with Crippen molar-refractivity contribution in [2.24, 2.45) is 0 Å². The lowest BCUT2D eigenvalue weighted by Gasteiger charge is -2.16. The highest BCUT2D eigenvalue weighted by Gasteiger charge is 2.10. The fraction of sp³-hybridized carbons (Fsp3) is 0.538. The standard InChI is InChI=1S/C13H22NO4P/c1-4-17-19(18-5-2)10-16-13-8-6-12(7-9-13)11(3)14-15/h6-9,11,14-15H,4-5,10H2,1-3H3. The SMILES string of the molecule is CCOP(COc1ccc(C(C)NO)cc1)OCC. The molecule has 1 aromatic rings. The molecule has 0 amide bonds. The predicted octanol–water partition coefficient (Wildman–Crippen LogP) is 3.45. The summed E-state index contributed by atoms with van der Waals surface area (Å²) in [5.74, 6) is 0.765. The highest BCUT2D eigenvalue weighted by molar-refractivity contribution is 7.47. The van der Waals surface area contributed by atoms with Crippen LogP contribution in [0.4, 0.5) is 0 Å². The molecule has 1 aromatic carbocycles. The third kappa shape index (κ3) is 5.85. The maximum absolute atomic E-state index is 8.84. The average molecular weight is 287 g/mol. The van der Waals surface area contributed by atoms with Gasteiger partial charge in [-0.3, -0.25) is 0 Å². The lowest BCUT2D eigenvalue weighted by atomic mass is 10.1. The lowest BCUT2D eigenvalue weighted by Crippen LogP contribution is -2.12. The summed E-state index contributed by atoms with van der Waals surface area (Å²) in [5, 5.41) is 8.84. The molecule has 0 aliphatic carbocycles. The Balaban J connectivity index is 2.48. The van der Waals surface area contributed by atoms with Crippen molar-refractivity contribution in [2.75, 3.05) is 19.6 Å². The third-order valence-electron chi connectivity index (χ3n) is 2.46. The zero-order valence-corrected chi connectivity index (χ0v) is 12.5. The molecule has 0 spiro atoms. The van der Waals surface area contributed by atoms with Gasteiger partial charge in [0.2, 0.25) is 8.38 Å². The topological polar surface area (TPSA) is 60.0 Å². The lowest BCUT2D eigenvalue weighted by molar-refractivity contribution is 0.133. The quantitative estimate of drug-likeness (QED) is 0.538. The van der Waals surface area contributed by atoms with Gasteiger partial charge >= 0.3 is 0 Å². The Labute approximate surface area is 115 Å². The monoisotopic (exact) mass is 287 g/mol. The van der Waals surface area contributed by atoms with E-state index < -0.39 is 8.38 Å². The zero-order chi connectivity index (χ0) is 14.1. The number of rotatable bonds is 9. The van der Waals surface area contributed by atoms with Crippen molar-refractivity contribution in [1.82, 2.24) is 5.48 Å². The van der Waals surface area contributed by atoms with Crippen LogP contribution in [0.15, 0.2) is 24.3 Å². The molecule has 0 radical (unpaired) electrons. The summed E-state index contributed by atoms with van der Waals surface area (Å²) in [6.07, 6.45) is 0.421. The molecule has 19 heavy (non-hydrogen) atoms. The Hall–Kier alpha value is -0.710. The Bertz CT molecular complexity index is 341. The fourth-order valence-electron chi connectivity index (χ4n) is 1.45. The van der Waals surface area contributed by atoms with Crippen LogP contribution in [-0.4, -0.2) is 24.8 Å². The number of hydrogen-bond donors (Lipinski definition) is 2. The van der Waals surface area contributed by atoms with E-state index in [1.807, 2.05) is 45.0 Å². The second-order valence-electron chi connectivity index (χ2n) is 3.86. The molecule has 2 N–H and O–H groups in total. The van der Waals surface area contributed by atoms with Gasteiger partial charge in [-0.1, -0.05) is 12.1 Å². The van der Waals surface area contributed by atoms with E-state index in [1.54, 1.807) is 0 Å². The molecule has 0 fully saturated rings. The van der Waals surface area contributed by atoms with Gasteiger partial charge in [-0.15, -0.1) is 0 Å². The van der Waals surface area contributed by atoms with Crippen molar-refractivity contribution in [3.63, 3.8) is 0 Å². The summed E-state index contributed by atoms with van der Waals surface area (Å²) < 4.78 is 16.6. The van der Waals surface area contributed by atoms with Gasteiger partial charge in [0, 0.05) is 0 Å². The summed E-state index contributed by atoms with van der Waals surface area (Å²) >= 11 is 0. The average Bonchev–Trinajstić information content (AvgIpc) is 2.45. The minimum Gasteiger partial charge on any atom is -0.484 e. The molecule has 6 heteroatoms. The van der Waals surface area contributed by atoms with Crippen LogP contribution in [-0.2, 0) is 9.05 Å². The van der Waals surface area contributed by atoms with Gasteiger partial charge in [-0.05, 0) is 38.5 Å². The van der Waals surface area contributed by atoms with Crippen LogP contribution in [0.1, 0.15) is 32.4 Å². The van der Waals surface area contributed by atoms with Crippen LogP contribution in [0, 0.1) is 0 Å². The molecule has 0 aliphatic rings. The summed E-state index contributed by atoms with van der Waals surface area (Å²) in [4.78, 5) is 0. The fourth-order valence-corrected chi connectivity index (χ4v) is 2.51. The number of nitrogens with one attached hydrogen (secondary N) is 1. The molecule has 108 valence electrons. The second kappa shape index (κ2) is 9.23. The first-order chi connectivity index (χ1) is 9.21. The molecule has 1 atom stereocenters. The van der Waals surface area contributed by atoms with Crippen LogP contribution in [0.25, 0.3) is 0 Å². The number of hydrogen-bond acceptors (Lipinski definition) is 5. The van der Waals surface area contributed by atoms with Crippen molar-refractivity contribution >= 4 is 8.38 Å². The predicted molar refractivity (Wildman–Crippen MR) is 75.4 cm³/mol. The van der Waals surface area contributed by atoms with E-state index in [0.717, 1.165) is 11.3 Å². The van der Waals surface area contributed by atoms with Gasteiger partial charge in [0.05, 0.1) is 19.3 Å². The molecule has 0 saturated heterocycles. The minimum absolute atomic E-state index is 0.0991. The summed E-state index contributed by atoms with van der Waals surface area (Å²) in [5.41, 5.74) is 3.20. The van der Waals surface area contributed by atoms with Gasteiger partial charge in [0.15, 0.2) is 6.35 Å².